The van der Waals surface area contributed by atoms with Crippen LogP contribution in [0.15, 0.2) is 36.4 Å². The van der Waals surface area contributed by atoms with Gasteiger partial charge in [-0.1, -0.05) is 19.9 Å². The number of aliphatic carboxylic acids is 1. The molecule has 2 aliphatic rings. The number of nitrogens with zero attached hydrogens (tertiary/aromatic N) is 1. The highest BCUT2D eigenvalue weighted by Crippen LogP contribution is 2.58. The SMILES string of the molecule is CC1(C)CO[C@]2(CC[C@](C(=O)O)(C(F)F)CC2)c2c1n(-c1ccc(F)c(F)c1)c1cccc(O)c12. The average Bonchev–Trinajstić information content (AvgIpc) is 3.18. The van der Waals surface area contributed by atoms with Crippen molar-refractivity contribution in [1.82, 2.24) is 4.57 Å². The van der Waals surface area contributed by atoms with Crippen LogP contribution in [0.5, 0.6) is 5.75 Å². The summed E-state index contributed by atoms with van der Waals surface area (Å²) in [5.74, 6) is -3.63. The number of phenolic OH excluding ortho intramolecular Hbond substituents is 1. The van der Waals surface area contributed by atoms with Crippen molar-refractivity contribution in [1.29, 1.82) is 0 Å². The van der Waals surface area contributed by atoms with Gasteiger partial charge in [-0.05, 0) is 49.9 Å². The van der Waals surface area contributed by atoms with E-state index in [9.17, 15) is 32.6 Å². The molecule has 35 heavy (non-hydrogen) atoms. The summed E-state index contributed by atoms with van der Waals surface area (Å²) in [6, 6.07) is 8.41. The predicted molar refractivity (Wildman–Crippen MR) is 120 cm³/mol. The molecule has 0 bridgehead atoms. The second-order valence-corrected chi connectivity index (χ2v) is 10.3. The van der Waals surface area contributed by atoms with Crippen LogP contribution in [-0.2, 0) is 20.5 Å². The summed E-state index contributed by atoms with van der Waals surface area (Å²) < 4.78 is 63.9. The minimum atomic E-state index is -3.03. The zero-order valence-electron chi connectivity index (χ0n) is 19.2. The van der Waals surface area contributed by atoms with E-state index in [1.165, 1.54) is 12.1 Å². The molecule has 1 aliphatic carbocycles. The standard InChI is InChI=1S/C26H25F4NO4/c1-24(2)13-35-26(10-8-25(9-11-26,22(29)30)23(33)34)20-19-17(4-3-5-18(19)32)31(21(20)24)14-6-7-15(27)16(28)12-14/h3-7,12,22,32H,8-11,13H2,1-2H3,(H,33,34)/t25-,26+. The lowest BCUT2D eigenvalue weighted by Crippen LogP contribution is -2.50. The topological polar surface area (TPSA) is 71.7 Å². The van der Waals surface area contributed by atoms with Crippen molar-refractivity contribution in [2.75, 3.05) is 6.61 Å². The Morgan fingerprint density at radius 1 is 1.06 bits per heavy atom. The quantitative estimate of drug-likeness (QED) is 0.439. The Labute approximate surface area is 198 Å². The minimum absolute atomic E-state index is 0.0119. The first kappa shape index (κ1) is 23.7. The van der Waals surface area contributed by atoms with Crippen LogP contribution in [0.4, 0.5) is 17.6 Å². The van der Waals surface area contributed by atoms with Gasteiger partial charge in [0.25, 0.3) is 6.43 Å². The van der Waals surface area contributed by atoms with Gasteiger partial charge < -0.3 is 19.5 Å². The molecule has 0 atom stereocenters. The molecule has 0 radical (unpaired) electrons. The minimum Gasteiger partial charge on any atom is -0.507 e. The fourth-order valence-electron chi connectivity index (χ4n) is 5.78. The number of aromatic hydroxyl groups is 1. The molecule has 0 saturated heterocycles. The summed E-state index contributed by atoms with van der Waals surface area (Å²) in [5.41, 5.74) is -1.79. The van der Waals surface area contributed by atoms with Crippen LogP contribution in [0, 0.1) is 17.0 Å². The Bertz CT molecular complexity index is 1340. The molecule has 1 spiro atoms. The highest BCUT2D eigenvalue weighted by molar-refractivity contribution is 5.94. The number of rotatable bonds is 3. The Hall–Kier alpha value is -3.07. The molecule has 1 saturated carbocycles. The average molecular weight is 491 g/mol. The first-order valence-electron chi connectivity index (χ1n) is 11.4. The van der Waals surface area contributed by atoms with Gasteiger partial charge in [0.1, 0.15) is 11.2 Å². The van der Waals surface area contributed by atoms with E-state index in [0.29, 0.717) is 27.8 Å². The number of hydrogen-bond donors (Lipinski definition) is 2. The summed E-state index contributed by atoms with van der Waals surface area (Å²) in [5, 5.41) is 21.0. The molecule has 5 nitrogen and oxygen atoms in total. The Morgan fingerprint density at radius 2 is 1.74 bits per heavy atom. The van der Waals surface area contributed by atoms with E-state index in [2.05, 4.69) is 0 Å². The normalized spacial score (nSPS) is 25.8. The van der Waals surface area contributed by atoms with Crippen molar-refractivity contribution >= 4 is 16.9 Å². The molecular weight excluding hydrogens is 466 g/mol. The molecule has 1 aliphatic heterocycles. The van der Waals surface area contributed by atoms with Crippen LogP contribution in [-0.4, -0.2) is 33.8 Å². The number of phenols is 1. The van der Waals surface area contributed by atoms with Crippen LogP contribution in [0.2, 0.25) is 0 Å². The van der Waals surface area contributed by atoms with Crippen LogP contribution in [0.25, 0.3) is 16.6 Å². The first-order chi connectivity index (χ1) is 16.4. The summed E-state index contributed by atoms with van der Waals surface area (Å²) in [6.45, 7) is 4.01. The molecular formula is C26H25F4NO4. The molecule has 9 heteroatoms. The molecule has 0 amide bonds. The number of halogens is 4. The molecule has 2 heterocycles. The van der Waals surface area contributed by atoms with E-state index in [4.69, 9.17) is 4.74 Å². The smallest absolute Gasteiger partial charge is 0.315 e. The maximum Gasteiger partial charge on any atom is 0.315 e. The Morgan fingerprint density at radius 3 is 2.34 bits per heavy atom. The first-order valence-corrected chi connectivity index (χ1v) is 11.4. The highest BCUT2D eigenvalue weighted by Gasteiger charge is 2.57. The molecule has 2 N–H and O–H groups in total. The van der Waals surface area contributed by atoms with E-state index in [1.54, 1.807) is 16.7 Å². The van der Waals surface area contributed by atoms with E-state index in [-0.39, 0.29) is 38.0 Å². The van der Waals surface area contributed by atoms with Crippen molar-refractivity contribution in [3.05, 3.63) is 59.3 Å². The molecule has 186 valence electrons. The van der Waals surface area contributed by atoms with Crippen molar-refractivity contribution in [3.63, 3.8) is 0 Å². The monoisotopic (exact) mass is 491 g/mol. The number of aromatic nitrogens is 1. The fourth-order valence-corrected chi connectivity index (χ4v) is 5.78. The molecule has 5 rings (SSSR count). The largest absolute Gasteiger partial charge is 0.507 e. The van der Waals surface area contributed by atoms with E-state index < -0.39 is 40.5 Å². The zero-order chi connectivity index (χ0) is 25.3. The third-order valence-corrected chi connectivity index (χ3v) is 7.73. The highest BCUT2D eigenvalue weighted by atomic mass is 19.3. The fraction of sp³-hybridized carbons (Fsp3) is 0.423. The lowest BCUT2D eigenvalue weighted by molar-refractivity contribution is -0.178. The predicted octanol–water partition coefficient (Wildman–Crippen LogP) is 6.03. The lowest BCUT2D eigenvalue weighted by Gasteiger charge is -2.49. The van der Waals surface area contributed by atoms with Gasteiger partial charge in [0.2, 0.25) is 0 Å². The number of benzene rings is 2. The van der Waals surface area contributed by atoms with Gasteiger partial charge in [-0.3, -0.25) is 4.79 Å². The third kappa shape index (κ3) is 3.27. The number of ether oxygens (including phenoxy) is 1. The molecule has 2 aromatic carbocycles. The zero-order valence-corrected chi connectivity index (χ0v) is 19.2. The van der Waals surface area contributed by atoms with E-state index in [1.807, 2.05) is 13.8 Å². The van der Waals surface area contributed by atoms with Gasteiger partial charge in [0, 0.05) is 33.8 Å². The van der Waals surface area contributed by atoms with Crippen molar-refractivity contribution in [3.8, 4) is 11.4 Å². The van der Waals surface area contributed by atoms with Gasteiger partial charge in [-0.2, -0.15) is 0 Å². The number of carboxylic acids is 1. The van der Waals surface area contributed by atoms with E-state index in [0.717, 1.165) is 12.1 Å². The van der Waals surface area contributed by atoms with Crippen molar-refractivity contribution in [2.24, 2.45) is 5.41 Å². The van der Waals surface area contributed by atoms with Crippen LogP contribution < -0.4 is 0 Å². The summed E-state index contributed by atoms with van der Waals surface area (Å²) in [4.78, 5) is 11.8. The van der Waals surface area contributed by atoms with Gasteiger partial charge in [-0.25, -0.2) is 17.6 Å². The number of hydrogen-bond acceptors (Lipinski definition) is 3. The number of carbonyl (C=O) groups is 1. The maximum absolute atomic E-state index is 14.3. The second-order valence-electron chi connectivity index (χ2n) is 10.3. The molecule has 1 aromatic heterocycles. The van der Waals surface area contributed by atoms with Crippen LogP contribution >= 0.6 is 0 Å². The number of fused-ring (bicyclic) bond motifs is 4. The van der Waals surface area contributed by atoms with Crippen molar-refractivity contribution in [2.45, 2.75) is 57.0 Å². The van der Waals surface area contributed by atoms with Gasteiger partial charge in [-0.15, -0.1) is 0 Å². The van der Waals surface area contributed by atoms with Crippen LogP contribution in [0.3, 0.4) is 0 Å². The third-order valence-electron chi connectivity index (χ3n) is 7.73. The summed E-state index contributed by atoms with van der Waals surface area (Å²) >= 11 is 0. The Balaban J connectivity index is 1.79. The van der Waals surface area contributed by atoms with Crippen LogP contribution in [0.1, 0.15) is 50.8 Å². The summed E-state index contributed by atoms with van der Waals surface area (Å²) in [7, 11) is 0. The van der Waals surface area contributed by atoms with Gasteiger partial charge in [0.05, 0.1) is 17.7 Å². The maximum atomic E-state index is 14.3. The summed E-state index contributed by atoms with van der Waals surface area (Å²) in [6.07, 6.45) is -3.61. The van der Waals surface area contributed by atoms with Gasteiger partial charge >= 0.3 is 5.97 Å². The molecule has 0 unspecified atom stereocenters. The molecule has 1 fully saturated rings. The van der Waals surface area contributed by atoms with Gasteiger partial charge in [0.15, 0.2) is 11.6 Å². The lowest BCUT2D eigenvalue weighted by atomic mass is 9.64. The second kappa shape index (κ2) is 7.71. The molecule has 3 aromatic rings. The Kier molecular flexibility index (Phi) is 5.22. The number of carboxylic acid groups (broad SMARTS) is 1. The van der Waals surface area contributed by atoms with Crippen molar-refractivity contribution < 1.29 is 37.3 Å². The van der Waals surface area contributed by atoms with E-state index >= 15 is 0 Å². The number of alkyl halides is 2.